The van der Waals surface area contributed by atoms with E-state index < -0.39 is 23.7 Å². The van der Waals surface area contributed by atoms with Crippen LogP contribution in [0.25, 0.3) is 11.0 Å². The molecule has 3 aromatic rings. The van der Waals surface area contributed by atoms with Crippen LogP contribution >= 0.6 is 0 Å². The van der Waals surface area contributed by atoms with Crippen molar-refractivity contribution in [3.8, 4) is 17.2 Å². The van der Waals surface area contributed by atoms with E-state index in [0.29, 0.717) is 5.75 Å². The number of hydrogen-bond donors (Lipinski definition) is 1. The fraction of sp³-hybridized carbons (Fsp3) is 0.261. The Hall–Kier alpha value is -3.81. The fourth-order valence-electron chi connectivity index (χ4n) is 2.59. The van der Waals surface area contributed by atoms with Crippen LogP contribution in [0, 0.1) is 0 Å². The van der Waals surface area contributed by atoms with E-state index in [-0.39, 0.29) is 27.9 Å². The van der Waals surface area contributed by atoms with Crippen molar-refractivity contribution in [3.05, 3.63) is 65.0 Å². The standard InChI is InChI=1S/C23H23NO7/c1-14(24-22(27)31-23(2,3)4)21(26)30-16-10-11-17-18(12-16)28-13-19(20(17)25)29-15-8-6-5-7-9-15/h5-14H,1-4H3,(H,24,27)/t14-/m0/s1. The van der Waals surface area contributed by atoms with Crippen molar-refractivity contribution in [1.29, 1.82) is 0 Å². The third kappa shape index (κ3) is 5.85. The lowest BCUT2D eigenvalue weighted by molar-refractivity contribution is -0.136. The first-order valence-corrected chi connectivity index (χ1v) is 9.62. The van der Waals surface area contributed by atoms with E-state index in [0.717, 1.165) is 0 Å². The van der Waals surface area contributed by atoms with E-state index in [9.17, 15) is 14.4 Å². The number of nitrogens with one attached hydrogen (secondary N) is 1. The Morgan fingerprint density at radius 1 is 1.03 bits per heavy atom. The van der Waals surface area contributed by atoms with Crippen LogP contribution in [-0.2, 0) is 9.53 Å². The zero-order chi connectivity index (χ0) is 22.6. The summed E-state index contributed by atoms with van der Waals surface area (Å²) in [5.41, 5.74) is -0.821. The summed E-state index contributed by atoms with van der Waals surface area (Å²) in [4.78, 5) is 36.7. The Morgan fingerprint density at radius 2 is 1.74 bits per heavy atom. The highest BCUT2D eigenvalue weighted by molar-refractivity contribution is 5.84. The molecule has 31 heavy (non-hydrogen) atoms. The van der Waals surface area contributed by atoms with E-state index in [1.165, 1.54) is 31.4 Å². The van der Waals surface area contributed by atoms with Gasteiger partial charge in [-0.3, -0.25) is 4.79 Å². The van der Waals surface area contributed by atoms with Gasteiger partial charge in [-0.1, -0.05) is 18.2 Å². The van der Waals surface area contributed by atoms with Crippen LogP contribution in [0.2, 0.25) is 0 Å². The third-order valence-corrected chi connectivity index (χ3v) is 3.99. The number of carbonyl (C=O) groups excluding carboxylic acids is 2. The molecule has 0 spiro atoms. The number of carbonyl (C=O) groups is 2. The van der Waals surface area contributed by atoms with Crippen LogP contribution in [0.3, 0.4) is 0 Å². The molecule has 162 valence electrons. The predicted octanol–water partition coefficient (Wildman–Crippen LogP) is 4.40. The first-order chi connectivity index (χ1) is 14.6. The molecule has 3 rings (SSSR count). The number of fused-ring (bicyclic) bond motifs is 1. The van der Waals surface area contributed by atoms with Gasteiger partial charge in [-0.15, -0.1) is 0 Å². The van der Waals surface area contributed by atoms with Crippen LogP contribution in [0.4, 0.5) is 4.79 Å². The molecular weight excluding hydrogens is 402 g/mol. The van der Waals surface area contributed by atoms with Gasteiger partial charge < -0.3 is 23.9 Å². The van der Waals surface area contributed by atoms with Gasteiger partial charge in [0.2, 0.25) is 11.2 Å². The molecule has 0 unspecified atom stereocenters. The van der Waals surface area contributed by atoms with E-state index in [4.69, 9.17) is 18.6 Å². The normalized spacial score (nSPS) is 12.1. The van der Waals surface area contributed by atoms with Crippen LogP contribution < -0.4 is 20.2 Å². The number of alkyl carbamates (subject to hydrolysis) is 1. The average Bonchev–Trinajstić information content (AvgIpc) is 2.69. The van der Waals surface area contributed by atoms with Crippen molar-refractivity contribution in [3.63, 3.8) is 0 Å². The van der Waals surface area contributed by atoms with E-state index in [1.54, 1.807) is 45.0 Å². The van der Waals surface area contributed by atoms with Crippen molar-refractivity contribution in [2.24, 2.45) is 0 Å². The van der Waals surface area contributed by atoms with Crippen molar-refractivity contribution in [2.75, 3.05) is 0 Å². The lowest BCUT2D eigenvalue weighted by Gasteiger charge is -2.21. The minimum atomic E-state index is -0.945. The van der Waals surface area contributed by atoms with Crippen LogP contribution in [0.15, 0.2) is 64.0 Å². The maximum Gasteiger partial charge on any atom is 0.408 e. The van der Waals surface area contributed by atoms with Crippen LogP contribution in [0.1, 0.15) is 27.7 Å². The molecule has 1 amide bonds. The van der Waals surface area contributed by atoms with Gasteiger partial charge in [0.15, 0.2) is 0 Å². The second-order valence-electron chi connectivity index (χ2n) is 7.79. The predicted molar refractivity (Wildman–Crippen MR) is 113 cm³/mol. The molecule has 1 atom stereocenters. The molecule has 0 fully saturated rings. The molecule has 0 aliphatic carbocycles. The quantitative estimate of drug-likeness (QED) is 0.477. The number of esters is 1. The van der Waals surface area contributed by atoms with E-state index in [1.807, 2.05) is 6.07 Å². The number of amides is 1. The first kappa shape index (κ1) is 21.9. The summed E-state index contributed by atoms with van der Waals surface area (Å²) in [6, 6.07) is 12.3. The van der Waals surface area contributed by atoms with E-state index in [2.05, 4.69) is 5.32 Å². The second-order valence-corrected chi connectivity index (χ2v) is 7.79. The van der Waals surface area contributed by atoms with Gasteiger partial charge in [-0.05, 0) is 52.0 Å². The van der Waals surface area contributed by atoms with Crippen LogP contribution in [0.5, 0.6) is 17.2 Å². The average molecular weight is 425 g/mol. The lowest BCUT2D eigenvalue weighted by Crippen LogP contribution is -2.43. The van der Waals surface area contributed by atoms with E-state index >= 15 is 0 Å². The maximum absolute atomic E-state index is 12.7. The Labute approximate surface area is 178 Å². The second kappa shape index (κ2) is 8.91. The molecule has 0 aliphatic heterocycles. The number of ether oxygens (including phenoxy) is 3. The molecule has 0 aliphatic rings. The zero-order valence-corrected chi connectivity index (χ0v) is 17.6. The largest absolute Gasteiger partial charge is 0.460 e. The Morgan fingerprint density at radius 3 is 2.42 bits per heavy atom. The summed E-state index contributed by atoms with van der Waals surface area (Å²) >= 11 is 0. The summed E-state index contributed by atoms with van der Waals surface area (Å²) in [5, 5.41) is 2.68. The lowest BCUT2D eigenvalue weighted by atomic mass is 10.2. The minimum Gasteiger partial charge on any atom is -0.460 e. The molecule has 0 bridgehead atoms. The summed E-state index contributed by atoms with van der Waals surface area (Å²) in [6.07, 6.45) is 0.475. The fourth-order valence-corrected chi connectivity index (χ4v) is 2.59. The molecule has 2 aromatic carbocycles. The Bertz CT molecular complexity index is 1150. The van der Waals surface area contributed by atoms with Crippen molar-refractivity contribution < 1.29 is 28.2 Å². The number of benzene rings is 2. The first-order valence-electron chi connectivity index (χ1n) is 9.62. The third-order valence-electron chi connectivity index (χ3n) is 3.99. The molecule has 8 heteroatoms. The van der Waals surface area contributed by atoms with Crippen molar-refractivity contribution in [2.45, 2.75) is 39.3 Å². The van der Waals surface area contributed by atoms with Crippen LogP contribution in [-0.4, -0.2) is 23.7 Å². The van der Waals surface area contributed by atoms with Gasteiger partial charge in [-0.25, -0.2) is 9.59 Å². The topological polar surface area (TPSA) is 104 Å². The van der Waals surface area contributed by atoms with Crippen molar-refractivity contribution >= 4 is 23.0 Å². The highest BCUT2D eigenvalue weighted by atomic mass is 16.6. The summed E-state index contributed by atoms with van der Waals surface area (Å²) in [7, 11) is 0. The smallest absolute Gasteiger partial charge is 0.408 e. The minimum absolute atomic E-state index is 0.0404. The molecule has 0 radical (unpaired) electrons. The molecular formula is C23H23NO7. The van der Waals surface area contributed by atoms with Gasteiger partial charge in [0, 0.05) is 6.07 Å². The van der Waals surface area contributed by atoms with Gasteiger partial charge in [0.25, 0.3) is 0 Å². The number of para-hydroxylation sites is 1. The SMILES string of the molecule is C[C@H](NC(=O)OC(C)(C)C)C(=O)Oc1ccc2c(=O)c(Oc3ccccc3)coc2c1. The molecule has 8 nitrogen and oxygen atoms in total. The van der Waals surface area contributed by atoms with Gasteiger partial charge >= 0.3 is 12.1 Å². The molecule has 0 saturated heterocycles. The Kier molecular flexibility index (Phi) is 6.29. The van der Waals surface area contributed by atoms with Crippen molar-refractivity contribution in [1.82, 2.24) is 5.32 Å². The summed E-state index contributed by atoms with van der Waals surface area (Å²) < 4.78 is 21.5. The van der Waals surface area contributed by atoms with Gasteiger partial charge in [-0.2, -0.15) is 0 Å². The monoisotopic (exact) mass is 425 g/mol. The zero-order valence-electron chi connectivity index (χ0n) is 17.6. The summed E-state index contributed by atoms with van der Waals surface area (Å²) in [5.74, 6) is 0.0107. The number of hydrogen-bond acceptors (Lipinski definition) is 7. The molecule has 1 aromatic heterocycles. The van der Waals surface area contributed by atoms with Gasteiger partial charge in [0.1, 0.15) is 35.0 Å². The summed E-state index contributed by atoms with van der Waals surface area (Å²) in [6.45, 7) is 6.62. The Balaban J connectivity index is 1.71. The maximum atomic E-state index is 12.7. The number of rotatable bonds is 5. The molecule has 1 heterocycles. The highest BCUT2D eigenvalue weighted by Gasteiger charge is 2.22. The highest BCUT2D eigenvalue weighted by Crippen LogP contribution is 2.24. The van der Waals surface area contributed by atoms with Gasteiger partial charge in [0.05, 0.1) is 5.39 Å². The molecule has 1 N–H and O–H groups in total. The molecule has 0 saturated carbocycles.